The van der Waals surface area contributed by atoms with Crippen LogP contribution in [-0.4, -0.2) is 101 Å². The van der Waals surface area contributed by atoms with Gasteiger partial charge < -0.3 is 54.0 Å². The number of nitrogens with zero attached hydrogens (tertiary/aromatic N) is 1. The molecule has 0 aliphatic rings. The summed E-state index contributed by atoms with van der Waals surface area (Å²) in [6.07, 6.45) is 0.887. The molecule has 0 bridgehead atoms. The summed E-state index contributed by atoms with van der Waals surface area (Å²) in [6.45, 7) is 7.99. The standard InChI is InChI=1S/C33H55N9O8/c1-18(2)14-24(29(46)38-20(5)27(44)39-23(32(49)50)12-9-13-37-33(35)36)41-31(48)26(17-43)42-30(47)25(15-19(3)4)40-28(45)22(34)16-21-10-7-6-8-11-21/h6-8,10-11,18-20,22-26,43H,9,12-17,34H2,1-5H3,(H,38,46)(H,39,44)(H,40,45)(H,41,48)(H,42,47)(H,49,50)(H4,35,36,37)/t20-,22-,23-,24-,25-,26-/m0/s1. The van der Waals surface area contributed by atoms with Crippen LogP contribution < -0.4 is 43.8 Å². The average molecular weight is 706 g/mol. The van der Waals surface area contributed by atoms with Crippen LogP contribution in [0.1, 0.15) is 65.9 Å². The van der Waals surface area contributed by atoms with E-state index >= 15 is 0 Å². The van der Waals surface area contributed by atoms with Gasteiger partial charge in [-0.15, -0.1) is 0 Å². The first-order valence-electron chi connectivity index (χ1n) is 16.6. The van der Waals surface area contributed by atoms with Crippen molar-refractivity contribution in [3.63, 3.8) is 0 Å². The van der Waals surface area contributed by atoms with Crippen molar-refractivity contribution in [3.05, 3.63) is 35.9 Å². The quantitative estimate of drug-likeness (QED) is 0.0366. The summed E-state index contributed by atoms with van der Waals surface area (Å²) < 4.78 is 0. The highest BCUT2D eigenvalue weighted by molar-refractivity contribution is 5.96. The second-order valence-corrected chi connectivity index (χ2v) is 13.0. The van der Waals surface area contributed by atoms with Crippen LogP contribution in [0.2, 0.25) is 0 Å². The fourth-order valence-corrected chi connectivity index (χ4v) is 4.82. The van der Waals surface area contributed by atoms with E-state index in [4.69, 9.17) is 17.2 Å². The number of aliphatic carboxylic acids is 1. The number of carboxylic acids is 1. The molecule has 50 heavy (non-hydrogen) atoms. The van der Waals surface area contributed by atoms with Gasteiger partial charge in [0.05, 0.1) is 12.6 Å². The topological polar surface area (TPSA) is 293 Å². The van der Waals surface area contributed by atoms with Gasteiger partial charge in [-0.2, -0.15) is 0 Å². The van der Waals surface area contributed by atoms with Crippen LogP contribution in [0.4, 0.5) is 0 Å². The number of carboxylic acid groups (broad SMARTS) is 1. The molecule has 0 radical (unpaired) electrons. The normalized spacial score (nSPS) is 14.7. The van der Waals surface area contributed by atoms with Gasteiger partial charge >= 0.3 is 5.97 Å². The number of nitrogens with two attached hydrogens (primary N) is 3. The van der Waals surface area contributed by atoms with Gasteiger partial charge in [0.1, 0.15) is 30.2 Å². The van der Waals surface area contributed by atoms with Gasteiger partial charge in [-0.05, 0) is 56.4 Å². The minimum Gasteiger partial charge on any atom is -0.480 e. The number of aliphatic hydroxyl groups excluding tert-OH is 1. The summed E-state index contributed by atoms with van der Waals surface area (Å²) in [6, 6.07) is 2.01. The molecule has 0 aliphatic carbocycles. The Labute approximate surface area is 293 Å². The smallest absolute Gasteiger partial charge is 0.326 e. The summed E-state index contributed by atoms with van der Waals surface area (Å²) in [4.78, 5) is 80.9. The van der Waals surface area contributed by atoms with E-state index in [1.54, 1.807) is 13.8 Å². The van der Waals surface area contributed by atoms with Gasteiger partial charge in [0.25, 0.3) is 0 Å². The van der Waals surface area contributed by atoms with Crippen LogP contribution >= 0.6 is 0 Å². The van der Waals surface area contributed by atoms with Crippen molar-refractivity contribution in [2.75, 3.05) is 13.2 Å². The molecule has 1 aromatic rings. The molecule has 1 aromatic carbocycles. The Hall–Kier alpha value is -4.77. The highest BCUT2D eigenvalue weighted by atomic mass is 16.4. The lowest BCUT2D eigenvalue weighted by molar-refractivity contribution is -0.142. The van der Waals surface area contributed by atoms with Crippen LogP contribution in [0, 0.1) is 11.8 Å². The fraction of sp³-hybridized carbons (Fsp3) is 0.606. The first kappa shape index (κ1) is 43.3. The van der Waals surface area contributed by atoms with Crippen LogP contribution in [0.15, 0.2) is 35.3 Å². The van der Waals surface area contributed by atoms with Crippen LogP contribution in [0.25, 0.3) is 0 Å². The Morgan fingerprint density at radius 1 is 0.700 bits per heavy atom. The first-order valence-corrected chi connectivity index (χ1v) is 16.6. The van der Waals surface area contributed by atoms with Crippen molar-refractivity contribution in [3.8, 4) is 0 Å². The maximum Gasteiger partial charge on any atom is 0.326 e. The van der Waals surface area contributed by atoms with Gasteiger partial charge in [-0.3, -0.25) is 29.0 Å². The molecular weight excluding hydrogens is 650 g/mol. The minimum atomic E-state index is -1.48. The lowest BCUT2D eigenvalue weighted by Crippen LogP contribution is -2.60. The van der Waals surface area contributed by atoms with E-state index in [0.717, 1.165) is 5.56 Å². The molecule has 0 aliphatic heterocycles. The highest BCUT2D eigenvalue weighted by Crippen LogP contribution is 2.09. The number of aliphatic imine (C=N–C) groups is 1. The molecule has 0 fully saturated rings. The number of hydrogen-bond donors (Lipinski definition) is 10. The maximum atomic E-state index is 13.3. The van der Waals surface area contributed by atoms with Gasteiger partial charge in [0, 0.05) is 6.54 Å². The molecule has 0 spiro atoms. The van der Waals surface area contributed by atoms with Gasteiger partial charge in [-0.25, -0.2) is 4.79 Å². The predicted octanol–water partition coefficient (Wildman–Crippen LogP) is -1.78. The third kappa shape index (κ3) is 16.6. The summed E-state index contributed by atoms with van der Waals surface area (Å²) in [7, 11) is 0. The van der Waals surface area contributed by atoms with Crippen LogP contribution in [0.3, 0.4) is 0 Å². The lowest BCUT2D eigenvalue weighted by atomic mass is 10.0. The molecule has 13 N–H and O–H groups in total. The SMILES string of the molecule is CC(C)C[C@H](NC(=O)[C@H](CO)NC(=O)[C@H](CC(C)C)NC(=O)[C@@H](N)Cc1ccccc1)C(=O)N[C@@H](C)C(=O)N[C@@H](CCCN=C(N)N)C(=O)O. The number of carbonyl (C=O) groups excluding carboxylic acids is 5. The molecular formula is C33H55N9O8. The summed E-state index contributed by atoms with van der Waals surface area (Å²) in [5.74, 6) is -5.25. The molecule has 0 saturated heterocycles. The number of carbonyl (C=O) groups is 6. The Morgan fingerprint density at radius 3 is 1.68 bits per heavy atom. The molecule has 280 valence electrons. The van der Waals surface area contributed by atoms with E-state index in [0.29, 0.717) is 0 Å². The third-order valence-electron chi connectivity index (χ3n) is 7.44. The molecule has 17 nitrogen and oxygen atoms in total. The first-order chi connectivity index (χ1) is 23.4. The lowest BCUT2D eigenvalue weighted by Gasteiger charge is -2.27. The Balaban J connectivity index is 2.93. The van der Waals surface area contributed by atoms with Crippen molar-refractivity contribution < 1.29 is 39.0 Å². The monoisotopic (exact) mass is 705 g/mol. The zero-order valence-electron chi connectivity index (χ0n) is 29.5. The maximum absolute atomic E-state index is 13.3. The molecule has 6 atom stereocenters. The molecule has 0 heterocycles. The number of hydrogen-bond acceptors (Lipinski definition) is 9. The number of benzene rings is 1. The molecule has 0 aromatic heterocycles. The number of amides is 5. The number of nitrogens with one attached hydrogen (secondary N) is 5. The van der Waals surface area contributed by atoms with Crippen molar-refractivity contribution in [2.24, 2.45) is 34.0 Å². The van der Waals surface area contributed by atoms with E-state index in [2.05, 4.69) is 31.6 Å². The molecule has 0 unspecified atom stereocenters. The van der Waals surface area contributed by atoms with Gasteiger partial charge in [0.2, 0.25) is 29.5 Å². The molecule has 0 saturated carbocycles. The zero-order valence-corrected chi connectivity index (χ0v) is 29.5. The van der Waals surface area contributed by atoms with Crippen molar-refractivity contribution in [2.45, 2.75) is 103 Å². The van der Waals surface area contributed by atoms with Crippen LogP contribution in [0.5, 0.6) is 0 Å². The van der Waals surface area contributed by atoms with Crippen molar-refractivity contribution >= 4 is 41.5 Å². The Bertz CT molecular complexity index is 1310. The molecule has 1 rings (SSSR count). The predicted molar refractivity (Wildman–Crippen MR) is 187 cm³/mol. The fourth-order valence-electron chi connectivity index (χ4n) is 4.82. The van der Waals surface area contributed by atoms with E-state index in [1.807, 2.05) is 44.2 Å². The summed E-state index contributed by atoms with van der Waals surface area (Å²) in [5, 5.41) is 32.0. The van der Waals surface area contributed by atoms with E-state index < -0.39 is 78.4 Å². The zero-order chi connectivity index (χ0) is 38.0. The summed E-state index contributed by atoms with van der Waals surface area (Å²) >= 11 is 0. The highest BCUT2D eigenvalue weighted by Gasteiger charge is 2.32. The van der Waals surface area contributed by atoms with E-state index in [-0.39, 0.29) is 56.4 Å². The van der Waals surface area contributed by atoms with Crippen LogP contribution in [-0.2, 0) is 35.2 Å². The number of guanidine groups is 1. The van der Waals surface area contributed by atoms with E-state index in [9.17, 15) is 39.0 Å². The molecule has 5 amide bonds. The number of aliphatic hydroxyl groups is 1. The van der Waals surface area contributed by atoms with E-state index in [1.165, 1.54) is 6.92 Å². The minimum absolute atomic E-state index is 0.0288. The van der Waals surface area contributed by atoms with Gasteiger partial charge in [0.15, 0.2) is 5.96 Å². The third-order valence-corrected chi connectivity index (χ3v) is 7.44. The van der Waals surface area contributed by atoms with Gasteiger partial charge in [-0.1, -0.05) is 58.0 Å². The summed E-state index contributed by atoms with van der Waals surface area (Å²) in [5.41, 5.74) is 17.5. The van der Waals surface area contributed by atoms with Crippen molar-refractivity contribution in [1.82, 2.24) is 26.6 Å². The largest absolute Gasteiger partial charge is 0.480 e. The second kappa shape index (κ2) is 22.0. The Morgan fingerprint density at radius 2 is 1.18 bits per heavy atom. The Kier molecular flexibility index (Phi) is 19.1. The number of rotatable bonds is 22. The molecule has 17 heteroatoms. The second-order valence-electron chi connectivity index (χ2n) is 13.0. The average Bonchev–Trinajstić information content (AvgIpc) is 3.03. The van der Waals surface area contributed by atoms with Crippen molar-refractivity contribution in [1.29, 1.82) is 0 Å².